The fraction of sp³-hybridized carbons (Fsp3) is 0.269. The van der Waals surface area contributed by atoms with Crippen LogP contribution < -0.4 is 5.32 Å². The van der Waals surface area contributed by atoms with Crippen molar-refractivity contribution >= 4 is 39.7 Å². The van der Waals surface area contributed by atoms with E-state index in [0.717, 1.165) is 37.2 Å². The molecule has 0 amide bonds. The number of hydrogen-bond acceptors (Lipinski definition) is 2. The summed E-state index contributed by atoms with van der Waals surface area (Å²) in [6, 6.07) is 12.0. The molecule has 1 N–H and O–H groups in total. The van der Waals surface area contributed by atoms with Crippen molar-refractivity contribution in [3.05, 3.63) is 90.0 Å². The molecule has 29 heavy (non-hydrogen) atoms. The summed E-state index contributed by atoms with van der Waals surface area (Å²) >= 11 is 2.25. The third-order valence-corrected chi connectivity index (χ3v) is 6.86. The molecule has 3 aromatic carbocycles. The molecule has 0 aliphatic rings. The second kappa shape index (κ2) is 8.31. The van der Waals surface area contributed by atoms with Gasteiger partial charge in [0.1, 0.15) is 0 Å². The molecule has 0 fully saturated rings. The molecule has 3 heteroatoms. The number of anilines is 2. The van der Waals surface area contributed by atoms with E-state index in [0.29, 0.717) is 0 Å². The van der Waals surface area contributed by atoms with Gasteiger partial charge in [0.05, 0.1) is 0 Å². The lowest BCUT2D eigenvalue weighted by molar-refractivity contribution is 0.103. The van der Waals surface area contributed by atoms with Gasteiger partial charge in [-0.2, -0.15) is 0 Å². The Balaban J connectivity index is 1.97. The average molecular weight is 497 g/mol. The molecule has 3 aromatic rings. The first-order chi connectivity index (χ1) is 13.6. The third-order valence-electron chi connectivity index (χ3n) is 6.18. The fourth-order valence-electron chi connectivity index (χ4n) is 3.81. The third kappa shape index (κ3) is 4.11. The predicted molar refractivity (Wildman–Crippen MR) is 132 cm³/mol. The highest BCUT2D eigenvalue weighted by Gasteiger charge is 2.16. The molecule has 0 bridgehead atoms. The Hall–Kier alpha value is -2.14. The van der Waals surface area contributed by atoms with Crippen molar-refractivity contribution in [1.82, 2.24) is 0 Å². The van der Waals surface area contributed by atoms with E-state index in [-0.39, 0.29) is 5.78 Å². The Morgan fingerprint density at radius 3 is 1.86 bits per heavy atom. The van der Waals surface area contributed by atoms with Crippen molar-refractivity contribution < 1.29 is 4.79 Å². The Labute approximate surface area is 187 Å². The van der Waals surface area contributed by atoms with Gasteiger partial charge in [0.25, 0.3) is 0 Å². The first-order valence-corrected chi connectivity index (χ1v) is 10.9. The van der Waals surface area contributed by atoms with E-state index in [1.807, 2.05) is 44.2 Å². The van der Waals surface area contributed by atoms with Gasteiger partial charge in [0.15, 0.2) is 5.78 Å². The zero-order chi connectivity index (χ0) is 21.5. The van der Waals surface area contributed by atoms with Gasteiger partial charge >= 0.3 is 0 Å². The average Bonchev–Trinajstić information content (AvgIpc) is 2.69. The highest BCUT2D eigenvalue weighted by Crippen LogP contribution is 2.33. The quantitative estimate of drug-likeness (QED) is 0.300. The van der Waals surface area contributed by atoms with E-state index < -0.39 is 0 Å². The molecule has 2 nitrogen and oxygen atoms in total. The monoisotopic (exact) mass is 497 g/mol. The van der Waals surface area contributed by atoms with Crippen LogP contribution in [0.4, 0.5) is 11.4 Å². The van der Waals surface area contributed by atoms with Crippen molar-refractivity contribution in [3.63, 3.8) is 0 Å². The number of carbonyl (C=O) groups is 1. The van der Waals surface area contributed by atoms with Crippen LogP contribution in [0, 0.1) is 52.0 Å². The molecule has 0 aromatic heterocycles. The fourth-order valence-corrected chi connectivity index (χ4v) is 4.30. The van der Waals surface area contributed by atoms with Crippen molar-refractivity contribution in [2.24, 2.45) is 0 Å². The zero-order valence-corrected chi connectivity index (χ0v) is 20.4. The summed E-state index contributed by atoms with van der Waals surface area (Å²) in [5.74, 6) is 0.0828. The van der Waals surface area contributed by atoms with Gasteiger partial charge in [0, 0.05) is 26.1 Å². The second-order valence-electron chi connectivity index (χ2n) is 7.94. The van der Waals surface area contributed by atoms with Crippen LogP contribution in [0.3, 0.4) is 0 Å². The van der Waals surface area contributed by atoms with Gasteiger partial charge in [-0.1, -0.05) is 6.07 Å². The normalized spacial score (nSPS) is 10.9. The molecule has 0 radical (unpaired) electrons. The van der Waals surface area contributed by atoms with E-state index in [9.17, 15) is 4.79 Å². The van der Waals surface area contributed by atoms with Gasteiger partial charge in [0.2, 0.25) is 0 Å². The van der Waals surface area contributed by atoms with Crippen molar-refractivity contribution in [1.29, 1.82) is 0 Å². The lowest BCUT2D eigenvalue weighted by atomic mass is 9.92. The smallest absolute Gasteiger partial charge is 0.193 e. The summed E-state index contributed by atoms with van der Waals surface area (Å²) in [5.41, 5.74) is 12.3. The summed E-state index contributed by atoms with van der Waals surface area (Å²) in [7, 11) is 0. The number of aryl methyl sites for hydroxylation is 2. The maximum Gasteiger partial charge on any atom is 0.193 e. The highest BCUT2D eigenvalue weighted by atomic mass is 127. The minimum atomic E-state index is 0.0828. The predicted octanol–water partition coefficient (Wildman–Crippen LogP) is 7.42. The molecular weight excluding hydrogens is 469 g/mol. The number of halogens is 1. The lowest BCUT2D eigenvalue weighted by Gasteiger charge is -2.20. The van der Waals surface area contributed by atoms with Crippen LogP contribution in [0.1, 0.15) is 54.9 Å². The highest BCUT2D eigenvalue weighted by molar-refractivity contribution is 14.1. The van der Waals surface area contributed by atoms with E-state index in [4.69, 9.17) is 0 Å². The van der Waals surface area contributed by atoms with Crippen LogP contribution in [0.5, 0.6) is 0 Å². The molecule has 3 rings (SSSR count). The number of ketones is 1. The molecule has 0 heterocycles. The van der Waals surface area contributed by atoms with Gasteiger partial charge in [-0.25, -0.2) is 0 Å². The van der Waals surface area contributed by atoms with Crippen LogP contribution in [0.15, 0.2) is 36.4 Å². The molecule has 0 saturated heterocycles. The number of benzene rings is 3. The summed E-state index contributed by atoms with van der Waals surface area (Å²) in [6.45, 7) is 14.9. The molecule has 0 aliphatic heterocycles. The Kier molecular flexibility index (Phi) is 6.18. The summed E-state index contributed by atoms with van der Waals surface area (Å²) in [4.78, 5) is 13.1. The maximum absolute atomic E-state index is 13.1. The molecule has 0 saturated carbocycles. The molecule has 0 aliphatic carbocycles. The number of hydrogen-bond donors (Lipinski definition) is 1. The SMILES string of the molecule is Cc1cc(Nc2c(C)c(C)c(C)c(C)c2C)ccc1C(=O)c1cc(I)ccc1C. The van der Waals surface area contributed by atoms with Crippen LogP contribution in [0.2, 0.25) is 0 Å². The Morgan fingerprint density at radius 1 is 0.690 bits per heavy atom. The lowest BCUT2D eigenvalue weighted by Crippen LogP contribution is -2.07. The largest absolute Gasteiger partial charge is 0.355 e. The van der Waals surface area contributed by atoms with Crippen LogP contribution >= 0.6 is 22.6 Å². The van der Waals surface area contributed by atoms with Crippen LogP contribution in [0.25, 0.3) is 0 Å². The number of nitrogens with one attached hydrogen (secondary N) is 1. The Morgan fingerprint density at radius 2 is 1.28 bits per heavy atom. The van der Waals surface area contributed by atoms with E-state index >= 15 is 0 Å². The zero-order valence-electron chi connectivity index (χ0n) is 18.3. The van der Waals surface area contributed by atoms with Crippen molar-refractivity contribution in [2.45, 2.75) is 48.5 Å². The van der Waals surface area contributed by atoms with E-state index in [1.165, 1.54) is 27.8 Å². The first kappa shape index (κ1) is 21.6. The minimum Gasteiger partial charge on any atom is -0.355 e. The van der Waals surface area contributed by atoms with Gasteiger partial charge < -0.3 is 5.32 Å². The first-order valence-electron chi connectivity index (χ1n) is 9.87. The molecule has 0 atom stereocenters. The standard InChI is InChI=1S/C26H28INO/c1-14-8-9-21(27)13-24(14)26(29)23-11-10-22(12-15(23)2)28-25-19(6)17(4)16(3)18(5)20(25)7/h8-13,28H,1-7H3. The van der Waals surface area contributed by atoms with Crippen molar-refractivity contribution in [2.75, 3.05) is 5.32 Å². The summed E-state index contributed by atoms with van der Waals surface area (Å²) in [5, 5.41) is 3.60. The second-order valence-corrected chi connectivity index (χ2v) is 9.19. The minimum absolute atomic E-state index is 0.0828. The van der Waals surface area contributed by atoms with Gasteiger partial charge in [-0.05, 0) is 140 Å². The van der Waals surface area contributed by atoms with Gasteiger partial charge in [-0.15, -0.1) is 0 Å². The van der Waals surface area contributed by atoms with E-state index in [1.54, 1.807) is 0 Å². The number of rotatable bonds is 4. The topological polar surface area (TPSA) is 29.1 Å². The van der Waals surface area contributed by atoms with E-state index in [2.05, 4.69) is 68.6 Å². The van der Waals surface area contributed by atoms with Crippen LogP contribution in [-0.2, 0) is 0 Å². The molecule has 0 unspecified atom stereocenters. The van der Waals surface area contributed by atoms with Crippen LogP contribution in [-0.4, -0.2) is 5.78 Å². The maximum atomic E-state index is 13.1. The molecular formula is C26H28INO. The molecule has 150 valence electrons. The molecule has 0 spiro atoms. The summed E-state index contributed by atoms with van der Waals surface area (Å²) in [6.07, 6.45) is 0. The van der Waals surface area contributed by atoms with Crippen molar-refractivity contribution in [3.8, 4) is 0 Å². The number of carbonyl (C=O) groups excluding carboxylic acids is 1. The van der Waals surface area contributed by atoms with Gasteiger partial charge in [-0.3, -0.25) is 4.79 Å². The Bertz CT molecular complexity index is 1100. The summed E-state index contributed by atoms with van der Waals surface area (Å²) < 4.78 is 1.07.